The van der Waals surface area contributed by atoms with Crippen molar-refractivity contribution in [2.75, 3.05) is 24.5 Å². The van der Waals surface area contributed by atoms with Crippen molar-refractivity contribution in [1.29, 1.82) is 0 Å². The van der Waals surface area contributed by atoms with Gasteiger partial charge in [0, 0.05) is 38.3 Å². The van der Waals surface area contributed by atoms with Gasteiger partial charge in [-0.1, -0.05) is 0 Å². The SMILES string of the molecule is CC(C)n1cc(N2C[C@@H](C(=O)N3C[C@@H](C)O[C@H](C)C3)CC2=O)cn1. The van der Waals surface area contributed by atoms with Crippen LogP contribution >= 0.6 is 0 Å². The number of rotatable bonds is 3. The lowest BCUT2D eigenvalue weighted by Gasteiger charge is -2.36. The lowest BCUT2D eigenvalue weighted by atomic mass is 10.1. The fourth-order valence-electron chi connectivity index (χ4n) is 3.49. The first kappa shape index (κ1) is 17.0. The smallest absolute Gasteiger partial charge is 0.228 e. The third-order valence-corrected chi connectivity index (χ3v) is 4.63. The van der Waals surface area contributed by atoms with Gasteiger partial charge in [-0.2, -0.15) is 5.10 Å². The number of anilines is 1. The topological polar surface area (TPSA) is 67.7 Å². The molecule has 0 bridgehead atoms. The highest BCUT2D eigenvalue weighted by Gasteiger charge is 2.39. The molecule has 2 fully saturated rings. The molecule has 0 spiro atoms. The van der Waals surface area contributed by atoms with E-state index < -0.39 is 0 Å². The molecule has 7 nitrogen and oxygen atoms in total. The molecule has 3 rings (SSSR count). The van der Waals surface area contributed by atoms with Crippen LogP contribution in [0.2, 0.25) is 0 Å². The van der Waals surface area contributed by atoms with Crippen LogP contribution in [0.25, 0.3) is 0 Å². The van der Waals surface area contributed by atoms with E-state index >= 15 is 0 Å². The van der Waals surface area contributed by atoms with Crippen molar-refractivity contribution in [2.45, 2.75) is 52.4 Å². The van der Waals surface area contributed by atoms with Gasteiger partial charge in [-0.05, 0) is 27.7 Å². The molecule has 2 aliphatic heterocycles. The van der Waals surface area contributed by atoms with Crippen LogP contribution in [0, 0.1) is 5.92 Å². The molecule has 0 unspecified atom stereocenters. The Hall–Kier alpha value is -1.89. The monoisotopic (exact) mass is 334 g/mol. The molecule has 0 N–H and O–H groups in total. The van der Waals surface area contributed by atoms with Crippen LogP contribution in [0.4, 0.5) is 5.69 Å². The fourth-order valence-corrected chi connectivity index (χ4v) is 3.49. The maximum absolute atomic E-state index is 12.8. The van der Waals surface area contributed by atoms with Crippen molar-refractivity contribution in [3.05, 3.63) is 12.4 Å². The highest BCUT2D eigenvalue weighted by atomic mass is 16.5. The Morgan fingerprint density at radius 2 is 1.92 bits per heavy atom. The van der Waals surface area contributed by atoms with Gasteiger partial charge in [-0.15, -0.1) is 0 Å². The second-order valence-corrected chi connectivity index (χ2v) is 7.18. The summed E-state index contributed by atoms with van der Waals surface area (Å²) >= 11 is 0. The van der Waals surface area contributed by atoms with Crippen molar-refractivity contribution < 1.29 is 14.3 Å². The normalized spacial score (nSPS) is 28.0. The third-order valence-electron chi connectivity index (χ3n) is 4.63. The molecular formula is C17H26N4O3. The number of aromatic nitrogens is 2. The van der Waals surface area contributed by atoms with Gasteiger partial charge < -0.3 is 14.5 Å². The average Bonchev–Trinajstić information content (AvgIpc) is 3.11. The Labute approximate surface area is 142 Å². The summed E-state index contributed by atoms with van der Waals surface area (Å²) in [5, 5.41) is 4.29. The zero-order valence-corrected chi connectivity index (χ0v) is 14.8. The summed E-state index contributed by atoms with van der Waals surface area (Å²) in [6.07, 6.45) is 3.91. The highest BCUT2D eigenvalue weighted by molar-refractivity contribution is 6.00. The summed E-state index contributed by atoms with van der Waals surface area (Å²) in [6, 6.07) is 0.241. The Kier molecular flexibility index (Phi) is 4.62. The van der Waals surface area contributed by atoms with Crippen LogP contribution in [0.5, 0.6) is 0 Å². The quantitative estimate of drug-likeness (QED) is 0.839. The van der Waals surface area contributed by atoms with Crippen molar-refractivity contribution in [3.8, 4) is 0 Å². The second-order valence-electron chi connectivity index (χ2n) is 7.18. The summed E-state index contributed by atoms with van der Waals surface area (Å²) in [5.41, 5.74) is 0.771. The molecule has 3 heterocycles. The minimum absolute atomic E-state index is 0.00832. The summed E-state index contributed by atoms with van der Waals surface area (Å²) in [7, 11) is 0. The fraction of sp³-hybridized carbons (Fsp3) is 0.706. The maximum Gasteiger partial charge on any atom is 0.228 e. The summed E-state index contributed by atoms with van der Waals surface area (Å²) in [4.78, 5) is 28.7. The van der Waals surface area contributed by atoms with Crippen LogP contribution in [0.15, 0.2) is 12.4 Å². The van der Waals surface area contributed by atoms with E-state index in [2.05, 4.69) is 5.10 Å². The molecule has 1 aromatic heterocycles. The molecule has 0 saturated carbocycles. The van der Waals surface area contributed by atoms with Gasteiger partial charge in [0.15, 0.2) is 0 Å². The maximum atomic E-state index is 12.8. The zero-order valence-electron chi connectivity index (χ0n) is 14.8. The number of nitrogens with zero attached hydrogens (tertiary/aromatic N) is 4. The minimum Gasteiger partial charge on any atom is -0.372 e. The Balaban J connectivity index is 1.68. The number of hydrogen-bond acceptors (Lipinski definition) is 4. The molecule has 1 aromatic rings. The molecule has 0 aliphatic carbocycles. The van der Waals surface area contributed by atoms with E-state index in [1.54, 1.807) is 11.1 Å². The number of amides is 2. The molecule has 0 aromatic carbocycles. The molecule has 3 atom stereocenters. The molecule has 7 heteroatoms. The van der Waals surface area contributed by atoms with Gasteiger partial charge in [0.1, 0.15) is 0 Å². The van der Waals surface area contributed by atoms with Crippen molar-refractivity contribution >= 4 is 17.5 Å². The predicted octanol–water partition coefficient (Wildman–Crippen LogP) is 1.45. The largest absolute Gasteiger partial charge is 0.372 e. The standard InChI is InChI=1S/C17H26N4O3/c1-11(2)21-10-15(6-18-21)20-9-14(5-16(20)22)17(23)19-7-12(3)24-13(4)8-19/h6,10-14H,5,7-9H2,1-4H3/t12-,13-,14+/m1/s1. The van der Waals surface area contributed by atoms with E-state index in [-0.39, 0.29) is 42.4 Å². The summed E-state index contributed by atoms with van der Waals surface area (Å²) in [5.74, 6) is -0.229. The Morgan fingerprint density at radius 1 is 1.25 bits per heavy atom. The lowest BCUT2D eigenvalue weighted by Crippen LogP contribution is -2.50. The van der Waals surface area contributed by atoms with Gasteiger partial charge in [-0.25, -0.2) is 0 Å². The van der Waals surface area contributed by atoms with Gasteiger partial charge in [0.05, 0.1) is 30.0 Å². The second kappa shape index (κ2) is 6.55. The average molecular weight is 334 g/mol. The molecule has 132 valence electrons. The molecule has 2 aliphatic rings. The van der Waals surface area contributed by atoms with E-state index in [9.17, 15) is 9.59 Å². The summed E-state index contributed by atoms with van der Waals surface area (Å²) in [6.45, 7) is 9.65. The van der Waals surface area contributed by atoms with Gasteiger partial charge in [0.2, 0.25) is 11.8 Å². The third kappa shape index (κ3) is 3.31. The molecule has 2 saturated heterocycles. The van der Waals surface area contributed by atoms with E-state index in [0.717, 1.165) is 5.69 Å². The predicted molar refractivity (Wildman–Crippen MR) is 89.7 cm³/mol. The molecule has 2 amide bonds. The minimum atomic E-state index is -0.280. The van der Waals surface area contributed by atoms with Crippen molar-refractivity contribution in [3.63, 3.8) is 0 Å². The van der Waals surface area contributed by atoms with Crippen LogP contribution in [0.1, 0.15) is 40.2 Å². The molecule has 0 radical (unpaired) electrons. The van der Waals surface area contributed by atoms with E-state index in [0.29, 0.717) is 19.6 Å². The number of hydrogen-bond donors (Lipinski definition) is 0. The Morgan fingerprint density at radius 3 is 2.50 bits per heavy atom. The first-order valence-electron chi connectivity index (χ1n) is 8.64. The number of carbonyl (C=O) groups is 2. The van der Waals surface area contributed by atoms with Gasteiger partial charge in [0.25, 0.3) is 0 Å². The van der Waals surface area contributed by atoms with E-state index in [1.165, 1.54) is 0 Å². The number of morpholine rings is 1. The Bertz CT molecular complexity index is 617. The number of carbonyl (C=O) groups excluding carboxylic acids is 2. The number of ether oxygens (including phenoxy) is 1. The summed E-state index contributed by atoms with van der Waals surface area (Å²) < 4.78 is 7.51. The first-order valence-corrected chi connectivity index (χ1v) is 8.64. The van der Waals surface area contributed by atoms with Crippen LogP contribution in [0.3, 0.4) is 0 Å². The van der Waals surface area contributed by atoms with E-state index in [1.807, 2.05) is 43.5 Å². The van der Waals surface area contributed by atoms with Crippen molar-refractivity contribution in [2.24, 2.45) is 5.92 Å². The van der Waals surface area contributed by atoms with Crippen LogP contribution in [-0.4, -0.2) is 58.3 Å². The lowest BCUT2D eigenvalue weighted by molar-refractivity contribution is -0.147. The van der Waals surface area contributed by atoms with Gasteiger partial charge in [-0.3, -0.25) is 14.3 Å². The highest BCUT2D eigenvalue weighted by Crippen LogP contribution is 2.27. The molecular weight excluding hydrogens is 308 g/mol. The van der Waals surface area contributed by atoms with Crippen LogP contribution < -0.4 is 4.90 Å². The van der Waals surface area contributed by atoms with Crippen LogP contribution in [-0.2, 0) is 14.3 Å². The molecule has 24 heavy (non-hydrogen) atoms. The van der Waals surface area contributed by atoms with Crippen molar-refractivity contribution in [1.82, 2.24) is 14.7 Å². The first-order chi connectivity index (χ1) is 11.3. The van der Waals surface area contributed by atoms with Gasteiger partial charge >= 0.3 is 0 Å². The van der Waals surface area contributed by atoms with E-state index in [4.69, 9.17) is 4.74 Å². The zero-order chi connectivity index (χ0) is 17.4.